The van der Waals surface area contributed by atoms with E-state index in [1.54, 1.807) is 42.1 Å². The van der Waals surface area contributed by atoms with Crippen molar-refractivity contribution in [3.8, 4) is 0 Å². The first-order chi connectivity index (χ1) is 38.2. The zero-order valence-electron chi connectivity index (χ0n) is 43.9. The van der Waals surface area contributed by atoms with Crippen molar-refractivity contribution in [3.05, 3.63) is 93.5 Å². The highest BCUT2D eigenvalue weighted by Crippen LogP contribution is 2.35. The quantitative estimate of drug-likeness (QED) is 0.0244. The lowest BCUT2D eigenvalue weighted by atomic mass is 9.97. The minimum Gasteiger partial charge on any atom is -0.394 e. The predicted octanol–water partition coefficient (Wildman–Crippen LogP) is 4.04. The van der Waals surface area contributed by atoms with Crippen LogP contribution >= 0.6 is 23.4 Å². The van der Waals surface area contributed by atoms with Crippen molar-refractivity contribution in [1.29, 1.82) is 0 Å². The van der Waals surface area contributed by atoms with E-state index in [4.69, 9.17) is 59.3 Å². The molecule has 0 aromatic heterocycles. The highest BCUT2D eigenvalue weighted by Gasteiger charge is 2.44. The molecule has 2 aliphatic rings. The molecule has 0 aliphatic carbocycles. The molecule has 0 saturated carbocycles. The number of carbonyl (C=O) groups excluding carboxylic acids is 3. The number of ether oxygens (including phenoxy) is 9. The number of anilines is 2. The fourth-order valence-electron chi connectivity index (χ4n) is 7.87. The van der Waals surface area contributed by atoms with Crippen molar-refractivity contribution < 1.29 is 90.6 Å². The molecule has 2 saturated heterocycles. The number of aliphatic hydroxyl groups excluding tert-OH is 4. The van der Waals surface area contributed by atoms with Gasteiger partial charge in [-0.25, -0.2) is 5.43 Å². The van der Waals surface area contributed by atoms with Gasteiger partial charge in [-0.05, 0) is 72.9 Å². The van der Waals surface area contributed by atoms with Crippen LogP contribution in [0.3, 0.4) is 0 Å². The number of amides is 3. The summed E-state index contributed by atoms with van der Waals surface area (Å²) < 4.78 is 89.2. The molecule has 5 atom stereocenters. The molecule has 2 heterocycles. The topological polar surface area (TPSA) is 267 Å². The number of hydrogen-bond donors (Lipinski definition) is 7. The monoisotopic (exact) mass is 1160 g/mol. The summed E-state index contributed by atoms with van der Waals surface area (Å²) in [6.45, 7) is 6.97. The van der Waals surface area contributed by atoms with Gasteiger partial charge in [-0.3, -0.25) is 14.4 Å². The molecule has 79 heavy (non-hydrogen) atoms. The van der Waals surface area contributed by atoms with Gasteiger partial charge < -0.3 is 78.6 Å². The molecule has 26 heteroatoms. The molecule has 7 N–H and O–H groups in total. The first-order valence-electron chi connectivity index (χ1n) is 26.0. The van der Waals surface area contributed by atoms with Crippen LogP contribution < -0.4 is 21.0 Å². The molecule has 440 valence electrons. The Morgan fingerprint density at radius 2 is 1.30 bits per heavy atom. The summed E-state index contributed by atoms with van der Waals surface area (Å²) in [7, 11) is 0. The summed E-state index contributed by atoms with van der Waals surface area (Å²) in [6, 6.07) is 14.4. The molecule has 21 nitrogen and oxygen atoms in total. The van der Waals surface area contributed by atoms with Crippen molar-refractivity contribution in [1.82, 2.24) is 10.7 Å². The van der Waals surface area contributed by atoms with Crippen LogP contribution in [0.1, 0.15) is 63.1 Å². The number of nitrogens with one attached hydrogen (secondary N) is 3. The number of thioether (sulfide) groups is 1. The lowest BCUT2D eigenvalue weighted by Gasteiger charge is -2.40. The second-order valence-electron chi connectivity index (χ2n) is 17.9. The molecular weight excluding hydrogens is 1090 g/mol. The van der Waals surface area contributed by atoms with Gasteiger partial charge in [-0.2, -0.15) is 30.0 Å². The Kier molecular flexibility index (Phi) is 30.3. The van der Waals surface area contributed by atoms with Gasteiger partial charge in [0, 0.05) is 42.3 Å². The van der Waals surface area contributed by atoms with Gasteiger partial charge in [-0.1, -0.05) is 29.8 Å². The normalized spacial score (nSPS) is 18.7. The molecule has 3 aromatic carbocycles. The molecule has 1 unspecified atom stereocenters. The van der Waals surface area contributed by atoms with Crippen LogP contribution in [0.25, 0.3) is 0 Å². The van der Waals surface area contributed by atoms with Crippen LogP contribution in [0.4, 0.5) is 24.5 Å². The Balaban J connectivity index is 0.822. The van der Waals surface area contributed by atoms with Gasteiger partial charge in [0.2, 0.25) is 5.91 Å². The Labute approximate surface area is 466 Å². The van der Waals surface area contributed by atoms with E-state index in [0.717, 1.165) is 67.7 Å². The minimum absolute atomic E-state index is 0.0542. The third-order valence-corrected chi connectivity index (χ3v) is 13.4. The predicted molar refractivity (Wildman–Crippen MR) is 288 cm³/mol. The number of alkyl halides is 3. The Hall–Kier alpha value is -4.55. The number of nitrogens with zero attached hydrogens (tertiary/aromatic N) is 2. The van der Waals surface area contributed by atoms with Crippen LogP contribution in [0.5, 0.6) is 0 Å². The van der Waals surface area contributed by atoms with E-state index in [9.17, 15) is 42.9 Å². The van der Waals surface area contributed by atoms with Crippen molar-refractivity contribution in [2.45, 2.75) is 68.3 Å². The third kappa shape index (κ3) is 24.2. The summed E-state index contributed by atoms with van der Waals surface area (Å²) >= 11 is 7.39. The molecule has 3 aromatic rings. The number of aliphatic hydroxyl groups is 4. The number of rotatable bonds is 37. The van der Waals surface area contributed by atoms with Gasteiger partial charge in [0.1, 0.15) is 24.4 Å². The highest BCUT2D eigenvalue weighted by atomic mass is 35.5. The molecule has 3 amide bonds. The number of hydrazone groups is 1. The fraction of sp³-hybridized carbons (Fsp3) is 0.585. The maximum atomic E-state index is 13.5. The number of hydrogen-bond acceptors (Lipinski definition) is 19. The van der Waals surface area contributed by atoms with Gasteiger partial charge in [0.15, 0.2) is 6.29 Å². The first-order valence-corrected chi connectivity index (χ1v) is 27.6. The highest BCUT2D eigenvalue weighted by molar-refractivity contribution is 7.98. The molecule has 2 aliphatic heterocycles. The van der Waals surface area contributed by atoms with E-state index in [2.05, 4.69) is 26.1 Å². The maximum absolute atomic E-state index is 13.5. The first kappa shape index (κ1) is 65.3. The van der Waals surface area contributed by atoms with Crippen LogP contribution in [0.15, 0.2) is 65.8 Å². The summed E-state index contributed by atoms with van der Waals surface area (Å²) in [4.78, 5) is 41.4. The van der Waals surface area contributed by atoms with Crippen molar-refractivity contribution >= 4 is 58.7 Å². The largest absolute Gasteiger partial charge is 0.417 e. The lowest BCUT2D eigenvalue weighted by Crippen LogP contribution is -2.64. The number of carbonyl (C=O) groups is 3. The zero-order valence-corrected chi connectivity index (χ0v) is 45.5. The van der Waals surface area contributed by atoms with Crippen LogP contribution in [0, 0.1) is 0 Å². The van der Waals surface area contributed by atoms with Gasteiger partial charge >= 0.3 is 6.18 Å². The van der Waals surface area contributed by atoms with Crippen molar-refractivity contribution in [3.63, 3.8) is 0 Å². The smallest absolute Gasteiger partial charge is 0.394 e. The average molecular weight is 1160 g/mol. The molecule has 2 fully saturated rings. The Bertz CT molecular complexity index is 2310. The molecular formula is C53H73ClF3N5O16S. The van der Waals surface area contributed by atoms with Crippen LogP contribution in [-0.2, 0) is 59.4 Å². The van der Waals surface area contributed by atoms with E-state index in [-0.39, 0.29) is 43.1 Å². The summed E-state index contributed by atoms with van der Waals surface area (Å²) in [5.74, 6) is -0.249. The van der Waals surface area contributed by atoms with E-state index in [1.807, 2.05) is 12.1 Å². The van der Waals surface area contributed by atoms with Crippen molar-refractivity contribution in [2.75, 3.05) is 141 Å². The lowest BCUT2D eigenvalue weighted by molar-refractivity contribution is -0.253. The van der Waals surface area contributed by atoms with E-state index in [1.165, 1.54) is 6.07 Å². The molecule has 0 bridgehead atoms. The second-order valence-corrected chi connectivity index (χ2v) is 19.4. The van der Waals surface area contributed by atoms with Crippen LogP contribution in [0.2, 0.25) is 5.02 Å². The third-order valence-electron chi connectivity index (χ3n) is 12.0. The SMILES string of the molecule is O=C(CCOCCOCCOCCOCCOCCOCCOCCOCCSCc1cccc(C(=O)Nc2ccc(N3CCCCC3)cc2C(=O)N/N=C/c2ccc(Cl)c(C(F)(F)F)c2)c1)N[C@H]1C(O)O[C@H](CO)[C@@H](O)[C@@H]1O. The zero-order chi connectivity index (χ0) is 56.7. The van der Waals surface area contributed by atoms with Crippen LogP contribution in [-0.4, -0.2) is 206 Å². The number of benzene rings is 3. The molecule has 0 spiro atoms. The van der Waals surface area contributed by atoms with Crippen molar-refractivity contribution in [2.24, 2.45) is 5.10 Å². The van der Waals surface area contributed by atoms with E-state index < -0.39 is 71.7 Å². The summed E-state index contributed by atoms with van der Waals surface area (Å²) in [5.41, 5.74) is 3.95. The summed E-state index contributed by atoms with van der Waals surface area (Å²) in [5, 5.41) is 47.8. The molecule has 5 rings (SSSR count). The fourth-order valence-corrected chi connectivity index (χ4v) is 8.89. The number of halogens is 4. The number of piperidine rings is 1. The molecule has 0 radical (unpaired) electrons. The average Bonchev–Trinajstić information content (AvgIpc) is 3.44. The summed E-state index contributed by atoms with van der Waals surface area (Å²) in [6.07, 6.45) is -6.22. The Morgan fingerprint density at radius 1 is 0.722 bits per heavy atom. The second kappa shape index (κ2) is 36.7. The standard InChI is InChI=1S/C53H73ClF3N5O16S/c54-43-9-7-37(32-42(43)53(55,56)57)34-58-61-51(68)41-33-40(62-12-2-1-3-13-62)8-10-44(41)59-50(67)39-6-4-5-38(31-39)36-79-30-29-77-28-27-76-26-25-75-24-23-74-22-21-73-20-19-72-18-17-71-16-15-70-14-11-46(64)60-47-49(66)48(65)45(35-63)78-52(47)69/h4-10,31-34,45,47-49,52,63,65-66,69H,1-3,11-30,35-36H2,(H,59,67)(H,60,64)(H,61,68)/b58-34+/t45-,47-,48-,49-,52?/m1/s1. The van der Waals surface area contributed by atoms with Gasteiger partial charge in [0.25, 0.3) is 11.8 Å². The van der Waals surface area contributed by atoms with E-state index in [0.29, 0.717) is 97.2 Å². The Morgan fingerprint density at radius 3 is 1.89 bits per heavy atom. The minimum atomic E-state index is -4.66. The van der Waals surface area contributed by atoms with Gasteiger partial charge in [0.05, 0.1) is 140 Å². The van der Waals surface area contributed by atoms with Gasteiger partial charge in [-0.15, -0.1) is 0 Å². The van der Waals surface area contributed by atoms with E-state index >= 15 is 0 Å². The maximum Gasteiger partial charge on any atom is 0.417 e.